The number of thioether (sulfide) groups is 1. The number of carbonyl (C=O) groups is 2. The van der Waals surface area contributed by atoms with Crippen LogP contribution < -0.4 is 5.32 Å². The molecule has 0 radical (unpaired) electrons. The first-order valence-corrected chi connectivity index (χ1v) is 8.40. The van der Waals surface area contributed by atoms with E-state index in [-0.39, 0.29) is 22.7 Å². The Morgan fingerprint density at radius 3 is 2.46 bits per heavy atom. The molecule has 0 fully saturated rings. The van der Waals surface area contributed by atoms with Gasteiger partial charge in [-0.15, -0.1) is 11.8 Å². The Morgan fingerprint density at radius 1 is 1.17 bits per heavy atom. The molecular weight excluding hydrogens is 329 g/mol. The molecule has 0 aliphatic carbocycles. The van der Waals surface area contributed by atoms with Crippen LogP contribution in [0.25, 0.3) is 0 Å². The number of rotatable bonds is 6. The molecule has 0 saturated heterocycles. The lowest BCUT2D eigenvalue weighted by Crippen LogP contribution is -2.15. The number of hydrogen-bond acceptors (Lipinski definition) is 4. The fraction of sp³-hybridized carbons (Fsp3) is 0.222. The average molecular weight is 347 g/mol. The number of methoxy groups -OCH3 is 1. The maximum absolute atomic E-state index is 13.7. The van der Waals surface area contributed by atoms with Crippen LogP contribution in [0.3, 0.4) is 0 Å². The van der Waals surface area contributed by atoms with Crippen LogP contribution in [-0.4, -0.2) is 24.7 Å². The second-order valence-corrected chi connectivity index (χ2v) is 6.42. The normalized spacial score (nSPS) is 11.6. The summed E-state index contributed by atoms with van der Waals surface area (Å²) in [5.41, 5.74) is 1.59. The Kier molecular flexibility index (Phi) is 6.37. The van der Waals surface area contributed by atoms with Crippen molar-refractivity contribution < 1.29 is 18.7 Å². The highest BCUT2D eigenvalue weighted by Gasteiger charge is 2.13. The summed E-state index contributed by atoms with van der Waals surface area (Å²) >= 11 is 1.36. The molecule has 0 bridgehead atoms. The fourth-order valence-corrected chi connectivity index (χ4v) is 2.94. The van der Waals surface area contributed by atoms with E-state index < -0.39 is 5.97 Å². The van der Waals surface area contributed by atoms with Crippen molar-refractivity contribution in [2.45, 2.75) is 12.2 Å². The summed E-state index contributed by atoms with van der Waals surface area (Å²) in [4.78, 5) is 23.3. The second kappa shape index (κ2) is 8.49. The van der Waals surface area contributed by atoms with Crippen molar-refractivity contribution in [3.63, 3.8) is 0 Å². The highest BCUT2D eigenvalue weighted by Crippen LogP contribution is 2.29. The third kappa shape index (κ3) is 4.83. The number of anilines is 1. The van der Waals surface area contributed by atoms with Gasteiger partial charge in [0.25, 0.3) is 0 Å². The average Bonchev–Trinajstić information content (AvgIpc) is 2.60. The lowest BCUT2D eigenvalue weighted by atomic mass is 10.1. The summed E-state index contributed by atoms with van der Waals surface area (Å²) in [5.74, 6) is -0.679. The molecule has 2 aromatic carbocycles. The molecule has 0 aliphatic rings. The van der Waals surface area contributed by atoms with E-state index in [1.165, 1.54) is 24.9 Å². The summed E-state index contributed by atoms with van der Waals surface area (Å²) in [6, 6.07) is 13.0. The molecule has 0 heterocycles. The van der Waals surface area contributed by atoms with Crippen molar-refractivity contribution in [3.05, 3.63) is 65.5 Å². The zero-order chi connectivity index (χ0) is 17.5. The van der Waals surface area contributed by atoms with Crippen molar-refractivity contribution in [3.8, 4) is 0 Å². The number of nitrogens with one attached hydrogen (secondary N) is 1. The maximum Gasteiger partial charge on any atom is 0.337 e. The van der Waals surface area contributed by atoms with Crippen LogP contribution in [0.15, 0.2) is 48.5 Å². The maximum atomic E-state index is 13.7. The summed E-state index contributed by atoms with van der Waals surface area (Å²) in [7, 11) is 1.31. The smallest absolute Gasteiger partial charge is 0.337 e. The van der Waals surface area contributed by atoms with Gasteiger partial charge in [0.2, 0.25) is 5.91 Å². The first-order valence-electron chi connectivity index (χ1n) is 7.35. The minimum Gasteiger partial charge on any atom is -0.465 e. The van der Waals surface area contributed by atoms with Gasteiger partial charge in [0.05, 0.1) is 18.4 Å². The number of ether oxygens (including phenoxy) is 1. The molecule has 1 unspecified atom stereocenters. The van der Waals surface area contributed by atoms with Gasteiger partial charge in [0, 0.05) is 16.5 Å². The van der Waals surface area contributed by atoms with Crippen LogP contribution in [0.1, 0.15) is 28.1 Å². The largest absolute Gasteiger partial charge is 0.465 e. The summed E-state index contributed by atoms with van der Waals surface area (Å²) in [6.07, 6.45) is 0. The molecule has 0 aliphatic heterocycles. The Hall–Kier alpha value is -2.34. The zero-order valence-corrected chi connectivity index (χ0v) is 14.2. The first kappa shape index (κ1) is 18.0. The Labute approximate surface area is 144 Å². The predicted octanol–water partition coefficient (Wildman–Crippen LogP) is 4.05. The minimum absolute atomic E-state index is 0.126. The van der Waals surface area contributed by atoms with Gasteiger partial charge >= 0.3 is 5.97 Å². The van der Waals surface area contributed by atoms with Crippen molar-refractivity contribution in [1.29, 1.82) is 0 Å². The molecular formula is C18H18FNO3S. The Balaban J connectivity index is 1.87. The molecule has 0 aromatic heterocycles. The van der Waals surface area contributed by atoms with E-state index in [0.29, 0.717) is 16.8 Å². The molecule has 4 nitrogen and oxygen atoms in total. The number of amides is 1. The van der Waals surface area contributed by atoms with Crippen LogP contribution in [0.2, 0.25) is 0 Å². The van der Waals surface area contributed by atoms with E-state index in [0.717, 1.165) is 0 Å². The number of halogens is 1. The van der Waals surface area contributed by atoms with Gasteiger partial charge in [-0.2, -0.15) is 0 Å². The van der Waals surface area contributed by atoms with Gasteiger partial charge in [-0.25, -0.2) is 9.18 Å². The van der Waals surface area contributed by atoms with E-state index in [1.54, 1.807) is 42.5 Å². The van der Waals surface area contributed by atoms with Crippen molar-refractivity contribution in [1.82, 2.24) is 0 Å². The molecule has 2 aromatic rings. The van der Waals surface area contributed by atoms with E-state index in [1.807, 2.05) is 6.92 Å². The van der Waals surface area contributed by atoms with Crippen molar-refractivity contribution >= 4 is 29.3 Å². The number of hydrogen-bond donors (Lipinski definition) is 1. The summed E-state index contributed by atoms with van der Waals surface area (Å²) < 4.78 is 18.3. The molecule has 24 heavy (non-hydrogen) atoms. The quantitative estimate of drug-likeness (QED) is 0.801. The van der Waals surface area contributed by atoms with Gasteiger partial charge in [-0.3, -0.25) is 4.79 Å². The molecule has 1 atom stereocenters. The van der Waals surface area contributed by atoms with Crippen LogP contribution in [0.5, 0.6) is 0 Å². The minimum atomic E-state index is -0.429. The molecule has 2 rings (SSSR count). The SMILES string of the molecule is COC(=O)c1ccc(NC(=O)CSC(C)c2ccccc2F)cc1. The van der Waals surface area contributed by atoms with Crippen LogP contribution >= 0.6 is 11.8 Å². The van der Waals surface area contributed by atoms with Gasteiger partial charge < -0.3 is 10.1 Å². The van der Waals surface area contributed by atoms with Crippen LogP contribution in [0, 0.1) is 5.82 Å². The highest BCUT2D eigenvalue weighted by molar-refractivity contribution is 8.00. The summed E-state index contributed by atoms with van der Waals surface area (Å²) in [6.45, 7) is 1.86. The van der Waals surface area contributed by atoms with E-state index in [9.17, 15) is 14.0 Å². The van der Waals surface area contributed by atoms with E-state index in [2.05, 4.69) is 10.1 Å². The lowest BCUT2D eigenvalue weighted by Gasteiger charge is -2.12. The standard InChI is InChI=1S/C18H18FNO3S/c1-12(15-5-3-4-6-16(15)19)24-11-17(21)20-14-9-7-13(8-10-14)18(22)23-2/h3-10,12H,11H2,1-2H3,(H,20,21). The predicted molar refractivity (Wildman–Crippen MR) is 93.7 cm³/mol. The second-order valence-electron chi connectivity index (χ2n) is 5.09. The molecule has 1 amide bonds. The zero-order valence-electron chi connectivity index (χ0n) is 13.4. The summed E-state index contributed by atoms with van der Waals surface area (Å²) in [5, 5.41) is 2.62. The van der Waals surface area contributed by atoms with Crippen LogP contribution in [-0.2, 0) is 9.53 Å². The van der Waals surface area contributed by atoms with Gasteiger partial charge in [-0.05, 0) is 37.3 Å². The molecule has 126 valence electrons. The van der Waals surface area contributed by atoms with E-state index >= 15 is 0 Å². The van der Waals surface area contributed by atoms with Crippen molar-refractivity contribution in [2.75, 3.05) is 18.2 Å². The Morgan fingerprint density at radius 2 is 1.83 bits per heavy atom. The van der Waals surface area contributed by atoms with Gasteiger partial charge in [0.1, 0.15) is 5.82 Å². The fourth-order valence-electron chi connectivity index (χ4n) is 2.10. The lowest BCUT2D eigenvalue weighted by molar-refractivity contribution is -0.113. The Bertz CT molecular complexity index is 718. The van der Waals surface area contributed by atoms with Gasteiger partial charge in [-0.1, -0.05) is 18.2 Å². The number of benzene rings is 2. The first-order chi connectivity index (χ1) is 11.5. The van der Waals surface area contributed by atoms with Crippen molar-refractivity contribution in [2.24, 2.45) is 0 Å². The highest BCUT2D eigenvalue weighted by atomic mass is 32.2. The monoisotopic (exact) mass is 347 g/mol. The topological polar surface area (TPSA) is 55.4 Å². The number of carbonyl (C=O) groups excluding carboxylic acids is 2. The van der Waals surface area contributed by atoms with Crippen LogP contribution in [0.4, 0.5) is 10.1 Å². The molecule has 6 heteroatoms. The molecule has 1 N–H and O–H groups in total. The third-order valence-electron chi connectivity index (χ3n) is 3.40. The van der Waals surface area contributed by atoms with E-state index in [4.69, 9.17) is 0 Å². The number of esters is 1. The molecule has 0 spiro atoms. The third-order valence-corrected chi connectivity index (χ3v) is 4.58. The van der Waals surface area contributed by atoms with Gasteiger partial charge in [0.15, 0.2) is 0 Å². The molecule has 0 saturated carbocycles.